The Morgan fingerprint density at radius 3 is 2.95 bits per heavy atom. The van der Waals surface area contributed by atoms with E-state index in [0.29, 0.717) is 29.7 Å². The topological polar surface area (TPSA) is 67.2 Å². The predicted octanol–water partition coefficient (Wildman–Crippen LogP) is 1.74. The average molecular weight is 286 g/mol. The third-order valence-electron chi connectivity index (χ3n) is 3.59. The summed E-state index contributed by atoms with van der Waals surface area (Å²) < 4.78 is 1.49. The first-order valence-corrected chi connectivity index (χ1v) is 7.10. The third-order valence-corrected chi connectivity index (χ3v) is 3.88. The van der Waals surface area contributed by atoms with E-state index in [2.05, 4.69) is 10.4 Å². The molecule has 1 heterocycles. The van der Waals surface area contributed by atoms with Crippen molar-refractivity contribution in [1.29, 1.82) is 0 Å². The van der Waals surface area contributed by atoms with Gasteiger partial charge in [-0.1, -0.05) is 24.9 Å². The first kappa shape index (κ1) is 14.3. The molecule has 1 aromatic heterocycles. The van der Waals surface area contributed by atoms with Gasteiger partial charge in [0.05, 0.1) is 11.2 Å². The highest BCUT2D eigenvalue weighted by atomic mass is 35.5. The van der Waals surface area contributed by atoms with Gasteiger partial charge in [0.2, 0.25) is 0 Å². The molecule has 1 aromatic rings. The van der Waals surface area contributed by atoms with E-state index in [1.807, 2.05) is 6.92 Å². The minimum absolute atomic E-state index is 0.0729. The van der Waals surface area contributed by atoms with Gasteiger partial charge in [0.15, 0.2) is 0 Å². The first-order chi connectivity index (χ1) is 9.11. The van der Waals surface area contributed by atoms with E-state index in [-0.39, 0.29) is 18.1 Å². The Balaban J connectivity index is 2.11. The zero-order chi connectivity index (χ0) is 13.8. The van der Waals surface area contributed by atoms with E-state index in [9.17, 15) is 4.79 Å². The van der Waals surface area contributed by atoms with Crippen molar-refractivity contribution in [3.63, 3.8) is 0 Å². The van der Waals surface area contributed by atoms with E-state index in [1.165, 1.54) is 30.1 Å². The molecule has 2 N–H and O–H groups in total. The molecular formula is C13H20ClN3O2. The predicted molar refractivity (Wildman–Crippen MR) is 75.6 cm³/mol. The molecule has 0 saturated heterocycles. The molecule has 0 spiro atoms. The van der Waals surface area contributed by atoms with Gasteiger partial charge >= 0.3 is 0 Å². The molecule has 0 amide bonds. The van der Waals surface area contributed by atoms with Crippen LogP contribution in [0.25, 0.3) is 0 Å². The molecule has 1 aliphatic rings. The number of hydrogen-bond acceptors (Lipinski definition) is 4. The fourth-order valence-corrected chi connectivity index (χ4v) is 2.21. The van der Waals surface area contributed by atoms with Crippen LogP contribution in [0.3, 0.4) is 0 Å². The maximum absolute atomic E-state index is 12.3. The maximum atomic E-state index is 12.3. The largest absolute Gasteiger partial charge is 0.396 e. The fraction of sp³-hybridized carbons (Fsp3) is 0.692. The summed E-state index contributed by atoms with van der Waals surface area (Å²) in [4.78, 5) is 12.3. The second-order valence-corrected chi connectivity index (χ2v) is 5.73. The zero-order valence-electron chi connectivity index (χ0n) is 11.1. The summed E-state index contributed by atoms with van der Waals surface area (Å²) in [6, 6.07) is 0. The zero-order valence-corrected chi connectivity index (χ0v) is 11.9. The van der Waals surface area contributed by atoms with Gasteiger partial charge in [0.1, 0.15) is 5.69 Å². The molecule has 6 heteroatoms. The molecule has 0 radical (unpaired) electrons. The second kappa shape index (κ2) is 6.39. The molecule has 1 unspecified atom stereocenters. The number of rotatable bonds is 6. The molecule has 0 bridgehead atoms. The van der Waals surface area contributed by atoms with Crippen molar-refractivity contribution < 1.29 is 5.11 Å². The summed E-state index contributed by atoms with van der Waals surface area (Å²) >= 11 is 6.01. The minimum atomic E-state index is -0.176. The smallest absolute Gasteiger partial charge is 0.291 e. The Morgan fingerprint density at radius 1 is 1.63 bits per heavy atom. The van der Waals surface area contributed by atoms with Crippen molar-refractivity contribution in [1.82, 2.24) is 9.78 Å². The maximum Gasteiger partial charge on any atom is 0.291 e. The lowest BCUT2D eigenvalue weighted by Gasteiger charge is -2.25. The highest BCUT2D eigenvalue weighted by Crippen LogP contribution is 2.27. The molecule has 0 aromatic carbocycles. The van der Waals surface area contributed by atoms with Gasteiger partial charge in [0, 0.05) is 19.7 Å². The molecule has 19 heavy (non-hydrogen) atoms. The number of anilines is 1. The SMILES string of the molecule is CC(CO)CNc1c(Cl)cnn(CC2CCC2)c1=O. The lowest BCUT2D eigenvalue weighted by atomic mass is 9.85. The number of aromatic nitrogens is 2. The summed E-state index contributed by atoms with van der Waals surface area (Å²) in [6.45, 7) is 3.15. The van der Waals surface area contributed by atoms with E-state index < -0.39 is 0 Å². The van der Waals surface area contributed by atoms with Gasteiger partial charge in [-0.3, -0.25) is 4.79 Å². The number of nitrogens with zero attached hydrogens (tertiary/aromatic N) is 2. The van der Waals surface area contributed by atoms with Crippen molar-refractivity contribution >= 4 is 17.3 Å². The van der Waals surface area contributed by atoms with Crippen molar-refractivity contribution in [2.24, 2.45) is 11.8 Å². The molecule has 1 fully saturated rings. The molecule has 2 rings (SSSR count). The Morgan fingerprint density at radius 2 is 2.37 bits per heavy atom. The van der Waals surface area contributed by atoms with Gasteiger partial charge in [-0.2, -0.15) is 5.10 Å². The van der Waals surface area contributed by atoms with E-state index in [1.54, 1.807) is 0 Å². The van der Waals surface area contributed by atoms with Gasteiger partial charge in [-0.05, 0) is 24.7 Å². The molecule has 1 aliphatic carbocycles. The fourth-order valence-electron chi connectivity index (χ4n) is 2.02. The molecule has 0 aliphatic heterocycles. The Bertz CT molecular complexity index is 485. The van der Waals surface area contributed by atoms with Crippen LogP contribution in [-0.4, -0.2) is 28.0 Å². The van der Waals surface area contributed by atoms with Crippen LogP contribution in [-0.2, 0) is 6.54 Å². The first-order valence-electron chi connectivity index (χ1n) is 6.72. The van der Waals surface area contributed by atoms with E-state index in [0.717, 1.165) is 0 Å². The van der Waals surface area contributed by atoms with Gasteiger partial charge in [-0.15, -0.1) is 0 Å². The number of aliphatic hydroxyl groups excluding tert-OH is 1. The van der Waals surface area contributed by atoms with Crippen LogP contribution in [0.5, 0.6) is 0 Å². The lowest BCUT2D eigenvalue weighted by molar-refractivity contribution is 0.244. The number of halogens is 1. The highest BCUT2D eigenvalue weighted by Gasteiger charge is 2.20. The third kappa shape index (κ3) is 3.48. The van der Waals surface area contributed by atoms with Crippen LogP contribution < -0.4 is 10.9 Å². The average Bonchev–Trinajstić information content (AvgIpc) is 2.35. The highest BCUT2D eigenvalue weighted by molar-refractivity contribution is 6.32. The van der Waals surface area contributed by atoms with Crippen molar-refractivity contribution in [3.8, 4) is 0 Å². The van der Waals surface area contributed by atoms with Gasteiger partial charge < -0.3 is 10.4 Å². The van der Waals surface area contributed by atoms with Crippen LogP contribution in [0.4, 0.5) is 5.69 Å². The minimum Gasteiger partial charge on any atom is -0.396 e. The standard InChI is InChI=1S/C13H20ClN3O2/c1-9(8-18)5-15-12-11(14)6-16-17(13(12)19)7-10-3-2-4-10/h6,9-10,15,18H,2-5,7-8H2,1H3. The van der Waals surface area contributed by atoms with E-state index >= 15 is 0 Å². The van der Waals surface area contributed by atoms with Crippen LogP contribution in [0.2, 0.25) is 5.02 Å². The van der Waals surface area contributed by atoms with Crippen LogP contribution >= 0.6 is 11.6 Å². The lowest BCUT2D eigenvalue weighted by Crippen LogP contribution is -2.31. The molecule has 1 saturated carbocycles. The van der Waals surface area contributed by atoms with Crippen molar-refractivity contribution in [3.05, 3.63) is 21.6 Å². The monoisotopic (exact) mass is 285 g/mol. The normalized spacial score (nSPS) is 17.0. The number of nitrogens with one attached hydrogen (secondary N) is 1. The Hall–Kier alpha value is -1.07. The Labute approximate surface area is 117 Å². The van der Waals surface area contributed by atoms with Crippen LogP contribution in [0.15, 0.2) is 11.0 Å². The second-order valence-electron chi connectivity index (χ2n) is 5.32. The van der Waals surface area contributed by atoms with Crippen LogP contribution in [0, 0.1) is 11.8 Å². The summed E-state index contributed by atoms with van der Waals surface area (Å²) in [5.74, 6) is 0.638. The molecular weight excluding hydrogens is 266 g/mol. The summed E-state index contributed by atoms with van der Waals surface area (Å²) in [5, 5.41) is 16.4. The van der Waals surface area contributed by atoms with Gasteiger partial charge in [-0.25, -0.2) is 4.68 Å². The van der Waals surface area contributed by atoms with Gasteiger partial charge in [0.25, 0.3) is 5.56 Å². The number of hydrogen-bond donors (Lipinski definition) is 2. The molecule has 1 atom stereocenters. The van der Waals surface area contributed by atoms with Crippen LogP contribution in [0.1, 0.15) is 26.2 Å². The van der Waals surface area contributed by atoms with Crippen molar-refractivity contribution in [2.45, 2.75) is 32.7 Å². The summed E-state index contributed by atoms with van der Waals surface area (Å²) in [6.07, 6.45) is 5.09. The van der Waals surface area contributed by atoms with Crippen molar-refractivity contribution in [2.75, 3.05) is 18.5 Å². The summed E-state index contributed by atoms with van der Waals surface area (Å²) in [7, 11) is 0. The molecule has 5 nitrogen and oxygen atoms in total. The summed E-state index contributed by atoms with van der Waals surface area (Å²) in [5.41, 5.74) is 0.209. The molecule has 106 valence electrons. The number of aliphatic hydroxyl groups is 1. The Kier molecular flexibility index (Phi) is 4.82. The quantitative estimate of drug-likeness (QED) is 0.835. The van der Waals surface area contributed by atoms with E-state index in [4.69, 9.17) is 16.7 Å².